The number of carbonyl (C=O) groups excluding carboxylic acids is 2. The molecule has 3 fully saturated rings. The molecule has 3 N–H and O–H groups in total. The monoisotopic (exact) mass is 1010 g/mol. The van der Waals surface area contributed by atoms with Crippen molar-refractivity contribution >= 4 is 91.0 Å². The maximum absolute atomic E-state index is 13.7. The summed E-state index contributed by atoms with van der Waals surface area (Å²) in [5.74, 6) is 0.281. The van der Waals surface area contributed by atoms with Gasteiger partial charge in [0.25, 0.3) is 0 Å². The SMILES string of the molecule is CCc1ccc2c(P(C)(C)=O)c(Nc3nc(Nc4cc(CC)c(N5CCC(N6CCN(CCCc7ccc8c(c7)oc(=O)n8C7CCC(=O)NC7=O)CC6)CC5)cc4OC)ncc3Br)ccc2n1. The number of methoxy groups -OCH3 is 1. The summed E-state index contributed by atoms with van der Waals surface area (Å²) in [7, 11) is -1.05. The predicted octanol–water partition coefficient (Wildman–Crippen LogP) is 7.76. The molecular formula is C50H60BrN10O6P. The number of oxazole rings is 1. The fraction of sp³-hybridized carbons (Fsp3) is 0.440. The van der Waals surface area contributed by atoms with Gasteiger partial charge in [0.1, 0.15) is 24.8 Å². The van der Waals surface area contributed by atoms with Gasteiger partial charge >= 0.3 is 5.76 Å². The van der Waals surface area contributed by atoms with Crippen molar-refractivity contribution in [2.75, 3.05) is 81.8 Å². The van der Waals surface area contributed by atoms with Crippen LogP contribution in [-0.2, 0) is 33.4 Å². The summed E-state index contributed by atoms with van der Waals surface area (Å²) in [5.41, 5.74) is 7.84. The fourth-order valence-corrected chi connectivity index (χ4v) is 11.9. The van der Waals surface area contributed by atoms with Crippen LogP contribution in [0.4, 0.5) is 28.8 Å². The van der Waals surface area contributed by atoms with E-state index in [1.165, 1.54) is 15.8 Å². The lowest BCUT2D eigenvalue weighted by Crippen LogP contribution is -2.53. The molecule has 0 bridgehead atoms. The lowest BCUT2D eigenvalue weighted by molar-refractivity contribution is -0.135. The van der Waals surface area contributed by atoms with Gasteiger partial charge in [-0.1, -0.05) is 26.0 Å². The fourth-order valence-electron chi connectivity index (χ4n) is 10.1. The highest BCUT2D eigenvalue weighted by atomic mass is 79.9. The Morgan fingerprint density at radius 1 is 0.897 bits per heavy atom. The molecular weight excluding hydrogens is 947 g/mol. The standard InChI is InChI=1S/C50H60BrN10O6P/c1-6-32-28-39(55-49-52-30-36(51)47(57-49)54-38-14-13-37-35(46(38)68(4,5)65)12-11-33(7-2)53-37)43(66-3)29-42(32)60-21-18-34(19-22-60)59-25-23-58(24-26-59)20-8-9-31-10-15-40-44(27-31)67-50(64)61(40)41-16-17-45(62)56-48(41)63/h10-15,27-30,34,41H,6-9,16-26H2,1-5H3,(H,56,62,63)(H2,52,54,55,57). The predicted molar refractivity (Wildman–Crippen MR) is 272 cm³/mol. The van der Waals surface area contributed by atoms with Gasteiger partial charge in [0.05, 0.1) is 34.0 Å². The number of nitrogens with zero attached hydrogens (tertiary/aromatic N) is 7. The first kappa shape index (κ1) is 47.5. The largest absolute Gasteiger partial charge is 0.494 e. The zero-order chi connectivity index (χ0) is 47.7. The Kier molecular flexibility index (Phi) is 14.1. The van der Waals surface area contributed by atoms with Crippen molar-refractivity contribution in [2.45, 2.75) is 77.3 Å². The van der Waals surface area contributed by atoms with Gasteiger partial charge < -0.3 is 34.2 Å². The maximum atomic E-state index is 13.7. The van der Waals surface area contributed by atoms with Crippen LogP contribution in [0.25, 0.3) is 22.0 Å². The van der Waals surface area contributed by atoms with Gasteiger partial charge in [-0.05, 0) is 128 Å². The summed E-state index contributed by atoms with van der Waals surface area (Å²) in [6, 6.07) is 17.8. The van der Waals surface area contributed by atoms with Crippen molar-refractivity contribution < 1.29 is 23.3 Å². The number of hydrogen-bond donors (Lipinski definition) is 3. The smallest absolute Gasteiger partial charge is 0.420 e. The van der Waals surface area contributed by atoms with E-state index in [2.05, 4.69) is 77.5 Å². The van der Waals surface area contributed by atoms with Crippen LogP contribution < -0.4 is 36.6 Å². The van der Waals surface area contributed by atoms with E-state index < -0.39 is 24.8 Å². The lowest BCUT2D eigenvalue weighted by atomic mass is 9.99. The first-order chi connectivity index (χ1) is 32.8. The maximum Gasteiger partial charge on any atom is 0.420 e. The van der Waals surface area contributed by atoms with E-state index in [0.717, 1.165) is 117 Å². The van der Waals surface area contributed by atoms with Crippen molar-refractivity contribution in [3.8, 4) is 5.75 Å². The van der Waals surface area contributed by atoms with Gasteiger partial charge in [-0.15, -0.1) is 0 Å². The molecule has 3 aliphatic rings. The number of anilines is 5. The first-order valence-corrected chi connectivity index (χ1v) is 27.1. The number of fused-ring (bicyclic) bond motifs is 2. The van der Waals surface area contributed by atoms with E-state index in [1.54, 1.807) is 26.6 Å². The van der Waals surface area contributed by atoms with E-state index in [1.807, 2.05) is 42.5 Å². The van der Waals surface area contributed by atoms with Crippen molar-refractivity contribution in [1.82, 2.24) is 34.6 Å². The van der Waals surface area contributed by atoms with Crippen LogP contribution in [0.1, 0.15) is 68.8 Å². The molecule has 18 heteroatoms. The average molecular weight is 1010 g/mol. The molecule has 6 heterocycles. The summed E-state index contributed by atoms with van der Waals surface area (Å²) in [6.45, 7) is 14.9. The molecule has 0 spiro atoms. The van der Waals surface area contributed by atoms with Crippen LogP contribution in [0.3, 0.4) is 0 Å². The number of hydrogen-bond acceptors (Lipinski definition) is 14. The highest BCUT2D eigenvalue weighted by Gasteiger charge is 2.32. The van der Waals surface area contributed by atoms with Gasteiger partial charge in [-0.25, -0.2) is 9.78 Å². The van der Waals surface area contributed by atoms with Crippen molar-refractivity contribution in [3.63, 3.8) is 0 Å². The third-order valence-electron chi connectivity index (χ3n) is 13.7. The summed E-state index contributed by atoms with van der Waals surface area (Å²) >= 11 is 3.63. The molecule has 68 heavy (non-hydrogen) atoms. The molecule has 9 rings (SSSR count). The highest BCUT2D eigenvalue weighted by molar-refractivity contribution is 9.10. The second-order valence-corrected chi connectivity index (χ2v) is 22.4. The number of amides is 2. The normalized spacial score (nSPS) is 17.8. The molecule has 2 amide bonds. The third kappa shape index (κ3) is 10.1. The van der Waals surface area contributed by atoms with Crippen LogP contribution in [0.2, 0.25) is 0 Å². The van der Waals surface area contributed by atoms with Crippen LogP contribution in [-0.4, -0.2) is 113 Å². The zero-order valence-corrected chi connectivity index (χ0v) is 41.9. The number of rotatable bonds is 15. The summed E-state index contributed by atoms with van der Waals surface area (Å²) in [5, 5.41) is 10.8. The van der Waals surface area contributed by atoms with Gasteiger partial charge in [0.15, 0.2) is 5.58 Å². The average Bonchev–Trinajstić information content (AvgIpc) is 3.66. The molecule has 358 valence electrons. The van der Waals surface area contributed by atoms with Crippen molar-refractivity contribution in [1.29, 1.82) is 0 Å². The first-order valence-electron chi connectivity index (χ1n) is 23.7. The van der Waals surface area contributed by atoms with Crippen LogP contribution in [0.5, 0.6) is 5.75 Å². The van der Waals surface area contributed by atoms with Crippen molar-refractivity contribution in [2.24, 2.45) is 0 Å². The second kappa shape index (κ2) is 20.2. The van der Waals surface area contributed by atoms with Crippen molar-refractivity contribution in [3.05, 3.63) is 92.6 Å². The lowest BCUT2D eigenvalue weighted by Gasteiger charge is -2.43. The minimum absolute atomic E-state index is 0.194. The second-order valence-electron chi connectivity index (χ2n) is 18.4. The minimum Gasteiger partial charge on any atom is -0.494 e. The number of carbonyl (C=O) groups is 2. The van der Waals surface area contributed by atoms with Gasteiger partial charge in [-0.3, -0.25) is 29.4 Å². The number of benzene rings is 3. The molecule has 1 atom stereocenters. The van der Waals surface area contributed by atoms with Crippen LogP contribution >= 0.6 is 23.1 Å². The highest BCUT2D eigenvalue weighted by Crippen LogP contribution is 2.42. The molecule has 6 aromatic rings. The van der Waals surface area contributed by atoms with Gasteiger partial charge in [0, 0.05) is 86.1 Å². The number of aryl methyl sites for hydroxylation is 3. The number of aromatic nitrogens is 4. The number of pyridine rings is 1. The number of imide groups is 1. The molecule has 3 aliphatic heterocycles. The molecule has 1 unspecified atom stereocenters. The number of ether oxygens (including phenoxy) is 1. The number of halogens is 1. The molecule has 16 nitrogen and oxygen atoms in total. The van der Waals surface area contributed by atoms with E-state index in [4.69, 9.17) is 19.1 Å². The summed E-state index contributed by atoms with van der Waals surface area (Å²) < 4.78 is 27.3. The molecule has 0 saturated carbocycles. The third-order valence-corrected chi connectivity index (χ3v) is 15.8. The summed E-state index contributed by atoms with van der Waals surface area (Å²) in [4.78, 5) is 58.8. The van der Waals surface area contributed by atoms with E-state index in [-0.39, 0.29) is 18.7 Å². The zero-order valence-electron chi connectivity index (χ0n) is 39.4. The van der Waals surface area contributed by atoms with Crippen LogP contribution in [0.15, 0.2) is 74.5 Å². The number of piperazine rings is 1. The minimum atomic E-state index is -2.74. The van der Waals surface area contributed by atoms with Crippen LogP contribution in [0, 0.1) is 0 Å². The Morgan fingerprint density at radius 2 is 1.69 bits per heavy atom. The van der Waals surface area contributed by atoms with E-state index in [0.29, 0.717) is 44.8 Å². The molecule has 3 saturated heterocycles. The quantitative estimate of drug-likeness (QED) is 0.0671. The Hall–Kier alpha value is -5.61. The Balaban J connectivity index is 0.785. The topological polar surface area (TPSA) is 180 Å². The summed E-state index contributed by atoms with van der Waals surface area (Å²) in [6.07, 6.45) is 7.89. The molecule has 3 aromatic heterocycles. The number of nitrogens with one attached hydrogen (secondary N) is 3. The van der Waals surface area contributed by atoms with E-state index >= 15 is 0 Å². The van der Waals surface area contributed by atoms with Gasteiger partial charge in [0.2, 0.25) is 17.8 Å². The number of piperidine rings is 2. The van der Waals surface area contributed by atoms with Gasteiger partial charge in [-0.2, -0.15) is 4.98 Å². The Labute approximate surface area is 404 Å². The molecule has 0 radical (unpaired) electrons. The Morgan fingerprint density at radius 3 is 2.41 bits per heavy atom. The molecule has 3 aromatic carbocycles. The Bertz CT molecular complexity index is 2970. The van der Waals surface area contributed by atoms with E-state index in [9.17, 15) is 18.9 Å². The molecule has 0 aliphatic carbocycles.